The second-order valence-electron chi connectivity index (χ2n) is 3.13. The van der Waals surface area contributed by atoms with E-state index in [2.05, 4.69) is 4.98 Å². The molecule has 0 bridgehead atoms. The van der Waals surface area contributed by atoms with E-state index in [1.165, 1.54) is 5.56 Å². The highest BCUT2D eigenvalue weighted by Gasteiger charge is 1.97. The van der Waals surface area contributed by atoms with Crippen LogP contribution in [0.4, 0.5) is 4.39 Å². The monoisotopic (exact) mass is 175 g/mol. The summed E-state index contributed by atoms with van der Waals surface area (Å²) >= 11 is 0. The zero-order valence-electron chi connectivity index (χ0n) is 7.42. The van der Waals surface area contributed by atoms with E-state index in [0.29, 0.717) is 5.69 Å². The van der Waals surface area contributed by atoms with Gasteiger partial charge in [0.15, 0.2) is 0 Å². The zero-order valence-corrected chi connectivity index (χ0v) is 7.42. The number of nitrogens with zero attached hydrogens (tertiary/aromatic N) is 1. The average molecular weight is 175 g/mol. The molecule has 66 valence electrons. The maximum atomic E-state index is 12.3. The largest absolute Gasteiger partial charge is 0.250 e. The lowest BCUT2D eigenvalue weighted by atomic mass is 10.1. The summed E-state index contributed by atoms with van der Waals surface area (Å²) < 4.78 is 12.3. The van der Waals surface area contributed by atoms with Gasteiger partial charge in [-0.05, 0) is 25.1 Å². The molecule has 0 atom stereocenters. The molecule has 0 saturated carbocycles. The van der Waals surface area contributed by atoms with E-state index in [4.69, 9.17) is 0 Å². The average Bonchev–Trinajstić information content (AvgIpc) is 2.17. The summed E-state index contributed by atoms with van der Waals surface area (Å²) in [6.07, 6.45) is 0. The van der Waals surface area contributed by atoms with E-state index >= 15 is 0 Å². The molecule has 0 unspecified atom stereocenters. The van der Waals surface area contributed by atoms with Crippen molar-refractivity contribution < 1.29 is 4.39 Å². The number of hydrogen-bond donors (Lipinski definition) is 0. The van der Waals surface area contributed by atoms with E-state index in [1.807, 2.05) is 31.2 Å². The molecule has 0 fully saturated rings. The second kappa shape index (κ2) is 3.13. The molecule has 0 amide bonds. The highest BCUT2D eigenvalue weighted by atomic mass is 19.1. The lowest BCUT2D eigenvalue weighted by Crippen LogP contribution is -1.86. The molecule has 1 heterocycles. The van der Waals surface area contributed by atoms with Crippen LogP contribution in [0.1, 0.15) is 11.3 Å². The first-order chi connectivity index (χ1) is 6.29. The van der Waals surface area contributed by atoms with Crippen LogP contribution in [0, 0.1) is 6.92 Å². The van der Waals surface area contributed by atoms with Gasteiger partial charge in [-0.15, -0.1) is 0 Å². The summed E-state index contributed by atoms with van der Waals surface area (Å²) in [6.45, 7) is 1.53. The molecule has 2 aromatic rings. The molecule has 1 aromatic heterocycles. The molecular formula is C11H10FN. The van der Waals surface area contributed by atoms with Crippen LogP contribution in [0.2, 0.25) is 0 Å². The Balaban J connectivity index is 2.66. The molecule has 1 aromatic carbocycles. The summed E-state index contributed by atoms with van der Waals surface area (Å²) in [5.74, 6) is 0. The van der Waals surface area contributed by atoms with Gasteiger partial charge in [-0.3, -0.25) is 4.98 Å². The maximum absolute atomic E-state index is 12.3. The number of benzene rings is 1. The Morgan fingerprint density at radius 1 is 1.23 bits per heavy atom. The molecular weight excluding hydrogens is 165 g/mol. The quantitative estimate of drug-likeness (QED) is 0.649. The molecule has 1 nitrogen and oxygen atoms in total. The number of hydrogen-bond acceptors (Lipinski definition) is 1. The minimum Gasteiger partial charge on any atom is -0.250 e. The molecule has 2 heteroatoms. The Hall–Kier alpha value is -1.44. The van der Waals surface area contributed by atoms with Gasteiger partial charge in [0, 0.05) is 5.39 Å². The first-order valence-electron chi connectivity index (χ1n) is 4.22. The molecule has 0 spiro atoms. The van der Waals surface area contributed by atoms with Crippen LogP contribution in [0.3, 0.4) is 0 Å². The summed E-state index contributed by atoms with van der Waals surface area (Å²) in [5.41, 5.74) is 2.56. The van der Waals surface area contributed by atoms with Crippen LogP contribution < -0.4 is 0 Å². The fraction of sp³-hybridized carbons (Fsp3) is 0.182. The standard InChI is InChI=1S/C11H10FN/c1-8-2-5-11-9(6-8)3-4-10(7-12)13-11/h2-6H,7H2,1H3. The molecule has 2 rings (SSSR count). The van der Waals surface area contributed by atoms with E-state index in [1.54, 1.807) is 6.07 Å². The van der Waals surface area contributed by atoms with Gasteiger partial charge in [0.1, 0.15) is 6.67 Å². The lowest BCUT2D eigenvalue weighted by Gasteiger charge is -2.00. The van der Waals surface area contributed by atoms with Crippen LogP contribution >= 0.6 is 0 Å². The third-order valence-electron chi connectivity index (χ3n) is 2.04. The third-order valence-corrected chi connectivity index (χ3v) is 2.04. The van der Waals surface area contributed by atoms with Gasteiger partial charge >= 0.3 is 0 Å². The van der Waals surface area contributed by atoms with Gasteiger partial charge in [-0.2, -0.15) is 0 Å². The Kier molecular flexibility index (Phi) is 1.97. The van der Waals surface area contributed by atoms with E-state index in [0.717, 1.165) is 10.9 Å². The molecule has 0 radical (unpaired) electrons. The Morgan fingerprint density at radius 3 is 2.85 bits per heavy atom. The highest BCUT2D eigenvalue weighted by molar-refractivity contribution is 5.79. The summed E-state index contributed by atoms with van der Waals surface area (Å²) in [4.78, 5) is 4.16. The first kappa shape index (κ1) is 8.17. The van der Waals surface area contributed by atoms with Crippen LogP contribution in [0.5, 0.6) is 0 Å². The number of rotatable bonds is 1. The Labute approximate surface area is 76.2 Å². The Morgan fingerprint density at radius 2 is 2.08 bits per heavy atom. The van der Waals surface area contributed by atoms with Crippen molar-refractivity contribution in [2.24, 2.45) is 0 Å². The molecule has 0 aliphatic carbocycles. The van der Waals surface area contributed by atoms with E-state index in [9.17, 15) is 4.39 Å². The van der Waals surface area contributed by atoms with Crippen molar-refractivity contribution >= 4 is 10.9 Å². The summed E-state index contributed by atoms with van der Waals surface area (Å²) in [6, 6.07) is 9.58. The smallest absolute Gasteiger partial charge is 0.131 e. The van der Waals surface area contributed by atoms with Crippen molar-refractivity contribution in [3.63, 3.8) is 0 Å². The van der Waals surface area contributed by atoms with E-state index in [-0.39, 0.29) is 0 Å². The van der Waals surface area contributed by atoms with Gasteiger partial charge in [0.25, 0.3) is 0 Å². The fourth-order valence-electron chi connectivity index (χ4n) is 1.36. The fourth-order valence-corrected chi connectivity index (χ4v) is 1.36. The molecule has 13 heavy (non-hydrogen) atoms. The zero-order chi connectivity index (χ0) is 9.26. The second-order valence-corrected chi connectivity index (χ2v) is 3.13. The predicted molar refractivity (Wildman–Crippen MR) is 51.3 cm³/mol. The molecule has 0 saturated heterocycles. The summed E-state index contributed by atoms with van der Waals surface area (Å²) in [7, 11) is 0. The SMILES string of the molecule is Cc1ccc2nc(CF)ccc2c1. The summed E-state index contributed by atoms with van der Waals surface area (Å²) in [5, 5.41) is 1.07. The van der Waals surface area contributed by atoms with Crippen molar-refractivity contribution in [2.45, 2.75) is 13.6 Å². The number of fused-ring (bicyclic) bond motifs is 1. The van der Waals surface area contributed by atoms with Crippen LogP contribution in [-0.4, -0.2) is 4.98 Å². The van der Waals surface area contributed by atoms with Crippen LogP contribution in [0.15, 0.2) is 30.3 Å². The molecule has 0 aliphatic heterocycles. The highest BCUT2D eigenvalue weighted by Crippen LogP contribution is 2.14. The number of halogens is 1. The minimum absolute atomic E-state index is 0.496. The number of aryl methyl sites for hydroxylation is 1. The van der Waals surface area contributed by atoms with Gasteiger partial charge in [0.2, 0.25) is 0 Å². The van der Waals surface area contributed by atoms with E-state index < -0.39 is 6.67 Å². The number of alkyl halides is 1. The van der Waals surface area contributed by atoms with Gasteiger partial charge < -0.3 is 0 Å². The topological polar surface area (TPSA) is 12.9 Å². The number of pyridine rings is 1. The third kappa shape index (κ3) is 1.52. The Bertz CT molecular complexity index is 437. The van der Waals surface area contributed by atoms with Crippen LogP contribution in [0.25, 0.3) is 10.9 Å². The first-order valence-corrected chi connectivity index (χ1v) is 4.22. The molecule has 0 aliphatic rings. The van der Waals surface area contributed by atoms with Crippen molar-refractivity contribution in [1.82, 2.24) is 4.98 Å². The number of aromatic nitrogens is 1. The normalized spacial score (nSPS) is 10.6. The van der Waals surface area contributed by atoms with Crippen molar-refractivity contribution in [3.8, 4) is 0 Å². The minimum atomic E-state index is -0.496. The van der Waals surface area contributed by atoms with Crippen molar-refractivity contribution in [3.05, 3.63) is 41.6 Å². The predicted octanol–water partition coefficient (Wildman–Crippen LogP) is 3.01. The maximum Gasteiger partial charge on any atom is 0.131 e. The van der Waals surface area contributed by atoms with Crippen molar-refractivity contribution in [1.29, 1.82) is 0 Å². The van der Waals surface area contributed by atoms with Gasteiger partial charge in [-0.25, -0.2) is 4.39 Å². The van der Waals surface area contributed by atoms with Gasteiger partial charge in [0.05, 0.1) is 11.2 Å². The van der Waals surface area contributed by atoms with Gasteiger partial charge in [-0.1, -0.05) is 17.7 Å². The van der Waals surface area contributed by atoms with Crippen molar-refractivity contribution in [2.75, 3.05) is 0 Å². The lowest BCUT2D eigenvalue weighted by molar-refractivity contribution is 0.477. The molecule has 0 N–H and O–H groups in total. The van der Waals surface area contributed by atoms with Crippen LogP contribution in [-0.2, 0) is 6.67 Å².